The van der Waals surface area contributed by atoms with Crippen molar-refractivity contribution in [2.45, 2.75) is 19.0 Å². The molecule has 1 aromatic carbocycles. The maximum absolute atomic E-state index is 12.2. The van der Waals surface area contributed by atoms with Gasteiger partial charge in [-0.3, -0.25) is 9.69 Å². The molecule has 0 spiro atoms. The predicted molar refractivity (Wildman–Crippen MR) is 70.0 cm³/mol. The van der Waals surface area contributed by atoms with Gasteiger partial charge in [0.1, 0.15) is 0 Å². The molecule has 0 saturated carbocycles. The van der Waals surface area contributed by atoms with E-state index in [-0.39, 0.29) is 11.9 Å². The van der Waals surface area contributed by atoms with Gasteiger partial charge in [-0.05, 0) is 17.5 Å². The third kappa shape index (κ3) is 2.26. The quantitative estimate of drug-likeness (QED) is 0.810. The highest BCUT2D eigenvalue weighted by Crippen LogP contribution is 2.19. The van der Waals surface area contributed by atoms with Gasteiger partial charge < -0.3 is 10.6 Å². The van der Waals surface area contributed by atoms with E-state index in [1.807, 2.05) is 11.0 Å². The van der Waals surface area contributed by atoms with Gasteiger partial charge in [0.15, 0.2) is 0 Å². The van der Waals surface area contributed by atoms with Gasteiger partial charge >= 0.3 is 0 Å². The van der Waals surface area contributed by atoms with E-state index in [4.69, 9.17) is 5.73 Å². The molecule has 2 aliphatic rings. The molecule has 0 unspecified atom stereocenters. The molecule has 3 rings (SSSR count). The molecule has 0 radical (unpaired) electrons. The summed E-state index contributed by atoms with van der Waals surface area (Å²) in [6, 6.07) is 8.65. The monoisotopic (exact) mass is 245 g/mol. The molecule has 96 valence electrons. The lowest BCUT2D eigenvalue weighted by Crippen LogP contribution is -2.58. The largest absolute Gasteiger partial charge is 0.337 e. The van der Waals surface area contributed by atoms with Gasteiger partial charge in [0, 0.05) is 32.2 Å². The van der Waals surface area contributed by atoms with Crippen LogP contribution in [0.5, 0.6) is 0 Å². The van der Waals surface area contributed by atoms with Crippen LogP contribution in [0.25, 0.3) is 0 Å². The van der Waals surface area contributed by atoms with Gasteiger partial charge in [0.2, 0.25) is 5.91 Å². The number of fused-ring (bicyclic) bond motifs is 1. The van der Waals surface area contributed by atoms with Crippen molar-refractivity contribution in [3.8, 4) is 0 Å². The van der Waals surface area contributed by atoms with E-state index >= 15 is 0 Å². The number of hydrogen-bond donors (Lipinski definition) is 1. The molecule has 0 bridgehead atoms. The van der Waals surface area contributed by atoms with Gasteiger partial charge in [-0.15, -0.1) is 0 Å². The zero-order valence-corrected chi connectivity index (χ0v) is 10.5. The molecule has 2 N–H and O–H groups in total. The molecule has 0 aliphatic carbocycles. The van der Waals surface area contributed by atoms with E-state index in [1.165, 1.54) is 11.1 Å². The topological polar surface area (TPSA) is 49.6 Å². The Balaban J connectivity index is 1.60. The van der Waals surface area contributed by atoms with Crippen LogP contribution in [0.15, 0.2) is 24.3 Å². The summed E-state index contributed by atoms with van der Waals surface area (Å²) >= 11 is 0. The highest BCUT2D eigenvalue weighted by Gasteiger charge is 2.27. The molecular weight excluding hydrogens is 226 g/mol. The number of amides is 1. The Morgan fingerprint density at radius 3 is 2.72 bits per heavy atom. The first-order valence-electron chi connectivity index (χ1n) is 6.55. The Hall–Kier alpha value is -1.39. The number of carbonyl (C=O) groups excluding carboxylic acids is 1. The minimum atomic E-state index is 0.233. The highest BCUT2D eigenvalue weighted by molar-refractivity contribution is 5.78. The van der Waals surface area contributed by atoms with Crippen molar-refractivity contribution in [2.75, 3.05) is 26.2 Å². The van der Waals surface area contributed by atoms with Crippen LogP contribution in [0.1, 0.15) is 11.1 Å². The number of carbonyl (C=O) groups is 1. The summed E-state index contributed by atoms with van der Waals surface area (Å²) in [4.78, 5) is 16.2. The molecule has 4 heteroatoms. The van der Waals surface area contributed by atoms with E-state index in [2.05, 4.69) is 23.1 Å². The smallest absolute Gasteiger partial charge is 0.237 e. The third-order valence-corrected chi connectivity index (χ3v) is 3.83. The second-order valence-electron chi connectivity index (χ2n) is 5.29. The molecule has 18 heavy (non-hydrogen) atoms. The fourth-order valence-electron chi connectivity index (χ4n) is 2.74. The van der Waals surface area contributed by atoms with Crippen LogP contribution in [0, 0.1) is 0 Å². The normalized spacial score (nSPS) is 20.4. The van der Waals surface area contributed by atoms with Crippen molar-refractivity contribution in [3.05, 3.63) is 35.4 Å². The molecule has 1 aromatic rings. The second kappa shape index (κ2) is 4.71. The lowest BCUT2D eigenvalue weighted by Gasteiger charge is -2.38. The van der Waals surface area contributed by atoms with Crippen LogP contribution in [0.2, 0.25) is 0 Å². The van der Waals surface area contributed by atoms with E-state index in [0.717, 1.165) is 32.6 Å². The van der Waals surface area contributed by atoms with E-state index in [1.54, 1.807) is 0 Å². The molecule has 1 saturated heterocycles. The third-order valence-electron chi connectivity index (χ3n) is 3.83. The number of hydrogen-bond acceptors (Lipinski definition) is 3. The van der Waals surface area contributed by atoms with Crippen molar-refractivity contribution >= 4 is 5.91 Å². The predicted octanol–water partition coefficient (Wildman–Crippen LogP) is 0.214. The van der Waals surface area contributed by atoms with Crippen molar-refractivity contribution in [1.82, 2.24) is 9.80 Å². The first kappa shape index (κ1) is 11.7. The molecule has 2 aliphatic heterocycles. The van der Waals surface area contributed by atoms with Gasteiger partial charge in [-0.2, -0.15) is 0 Å². The van der Waals surface area contributed by atoms with Gasteiger partial charge in [0.05, 0.1) is 6.54 Å². The van der Waals surface area contributed by atoms with Gasteiger partial charge in [-0.25, -0.2) is 0 Å². The average Bonchev–Trinajstić information content (AvgIpc) is 2.36. The SMILES string of the molecule is NC1CN(CC(=O)N2CCc3ccccc3C2)C1. The van der Waals surface area contributed by atoms with Crippen LogP contribution in [-0.4, -0.2) is 47.9 Å². The van der Waals surface area contributed by atoms with Gasteiger partial charge in [-0.1, -0.05) is 24.3 Å². The summed E-state index contributed by atoms with van der Waals surface area (Å²) in [5.41, 5.74) is 8.39. The van der Waals surface area contributed by atoms with Crippen LogP contribution in [0.4, 0.5) is 0 Å². The van der Waals surface area contributed by atoms with Crippen molar-refractivity contribution in [2.24, 2.45) is 5.73 Å². The Kier molecular flexibility index (Phi) is 3.06. The van der Waals surface area contributed by atoms with Crippen LogP contribution in [0.3, 0.4) is 0 Å². The second-order valence-corrected chi connectivity index (χ2v) is 5.29. The van der Waals surface area contributed by atoms with Crippen molar-refractivity contribution < 1.29 is 4.79 Å². The lowest BCUT2D eigenvalue weighted by molar-refractivity contribution is -0.134. The molecule has 2 heterocycles. The number of nitrogens with two attached hydrogens (primary N) is 1. The summed E-state index contributed by atoms with van der Waals surface area (Å²) in [7, 11) is 0. The first-order valence-corrected chi connectivity index (χ1v) is 6.55. The van der Waals surface area contributed by atoms with Gasteiger partial charge in [0.25, 0.3) is 0 Å². The Labute approximate surface area is 107 Å². The van der Waals surface area contributed by atoms with Crippen LogP contribution < -0.4 is 5.73 Å². The minimum absolute atomic E-state index is 0.233. The van der Waals surface area contributed by atoms with E-state index < -0.39 is 0 Å². The van der Waals surface area contributed by atoms with E-state index in [9.17, 15) is 4.79 Å². The average molecular weight is 245 g/mol. The summed E-state index contributed by atoms with van der Waals surface area (Å²) in [5, 5.41) is 0. The molecular formula is C14H19N3O. The summed E-state index contributed by atoms with van der Waals surface area (Å²) in [6.45, 7) is 3.84. The first-order chi connectivity index (χ1) is 8.72. The molecule has 0 atom stereocenters. The summed E-state index contributed by atoms with van der Waals surface area (Å²) in [5.74, 6) is 0.233. The number of nitrogens with zero attached hydrogens (tertiary/aromatic N) is 2. The Morgan fingerprint density at radius 1 is 1.28 bits per heavy atom. The standard InChI is InChI=1S/C14H19N3O/c15-13-8-16(9-13)10-14(18)17-6-5-11-3-1-2-4-12(11)7-17/h1-4,13H,5-10,15H2. The summed E-state index contributed by atoms with van der Waals surface area (Å²) < 4.78 is 0. The minimum Gasteiger partial charge on any atom is -0.337 e. The van der Waals surface area contributed by atoms with E-state index in [0.29, 0.717) is 6.54 Å². The zero-order valence-electron chi connectivity index (χ0n) is 10.5. The molecule has 1 fully saturated rings. The summed E-state index contributed by atoms with van der Waals surface area (Å²) in [6.07, 6.45) is 0.974. The Morgan fingerprint density at radius 2 is 2.00 bits per heavy atom. The number of benzene rings is 1. The fraction of sp³-hybridized carbons (Fsp3) is 0.500. The van der Waals surface area contributed by atoms with Crippen LogP contribution in [-0.2, 0) is 17.8 Å². The Bertz CT molecular complexity index is 454. The highest BCUT2D eigenvalue weighted by atomic mass is 16.2. The zero-order chi connectivity index (χ0) is 12.5. The molecule has 0 aromatic heterocycles. The molecule has 1 amide bonds. The van der Waals surface area contributed by atoms with Crippen molar-refractivity contribution in [1.29, 1.82) is 0 Å². The lowest BCUT2D eigenvalue weighted by atomic mass is 10.00. The molecule has 4 nitrogen and oxygen atoms in total. The number of rotatable bonds is 2. The number of likely N-dealkylation sites (tertiary alicyclic amines) is 1. The van der Waals surface area contributed by atoms with Crippen molar-refractivity contribution in [3.63, 3.8) is 0 Å². The van der Waals surface area contributed by atoms with Crippen LogP contribution >= 0.6 is 0 Å². The fourth-order valence-corrected chi connectivity index (χ4v) is 2.74. The maximum Gasteiger partial charge on any atom is 0.237 e. The maximum atomic E-state index is 12.2.